The van der Waals surface area contributed by atoms with Gasteiger partial charge in [-0.2, -0.15) is 0 Å². The summed E-state index contributed by atoms with van der Waals surface area (Å²) in [5.74, 6) is -2.34. The van der Waals surface area contributed by atoms with Crippen molar-refractivity contribution in [2.45, 2.75) is 39.0 Å². The van der Waals surface area contributed by atoms with E-state index < -0.39 is 22.8 Å². The highest BCUT2D eigenvalue weighted by Crippen LogP contribution is 2.38. The molecular formula is C27H28ClF2N5O5. The number of carbonyl (C=O) groups excluding carboxylic acids is 2. The van der Waals surface area contributed by atoms with Crippen LogP contribution in [0, 0.1) is 11.6 Å². The third-order valence-electron chi connectivity index (χ3n) is 6.10. The lowest BCUT2D eigenvalue weighted by Crippen LogP contribution is -2.43. The molecule has 0 bridgehead atoms. The molecule has 1 aromatic heterocycles. The zero-order valence-corrected chi connectivity index (χ0v) is 22.8. The number of nitrogens with zero attached hydrogens (tertiary/aromatic N) is 4. The monoisotopic (exact) mass is 575 g/mol. The van der Waals surface area contributed by atoms with E-state index in [1.807, 2.05) is 0 Å². The molecule has 2 amide bonds. The second-order valence-electron chi connectivity index (χ2n) is 9.95. The number of fused-ring (bicyclic) bond motifs is 1. The molecule has 3 aromatic rings. The van der Waals surface area contributed by atoms with Crippen LogP contribution in [0.3, 0.4) is 0 Å². The number of amides is 2. The summed E-state index contributed by atoms with van der Waals surface area (Å²) in [6.45, 7) is 2.82. The molecule has 0 spiro atoms. The molecule has 1 aliphatic heterocycles. The van der Waals surface area contributed by atoms with Gasteiger partial charge >= 0.3 is 0 Å². The third kappa shape index (κ3) is 6.46. The van der Waals surface area contributed by atoms with Crippen molar-refractivity contribution in [3.63, 3.8) is 0 Å². The number of hydrogen-bond donors (Lipinski definition) is 2. The van der Waals surface area contributed by atoms with Crippen LogP contribution in [0.1, 0.15) is 31.4 Å². The van der Waals surface area contributed by atoms with Crippen LogP contribution < -0.4 is 25.4 Å². The maximum absolute atomic E-state index is 13.9. The maximum atomic E-state index is 13.9. The Morgan fingerprint density at radius 2 is 1.85 bits per heavy atom. The van der Waals surface area contributed by atoms with Crippen LogP contribution in [0.5, 0.6) is 5.88 Å². The average molecular weight is 576 g/mol. The Bertz CT molecular complexity index is 1510. The van der Waals surface area contributed by atoms with Crippen molar-refractivity contribution < 1.29 is 28.2 Å². The van der Waals surface area contributed by atoms with E-state index in [9.17, 15) is 28.3 Å². The largest absolute Gasteiger partial charge is 0.471 e. The number of nitrogens with one attached hydrogen (secondary N) is 1. The average Bonchev–Trinajstić information content (AvgIpc) is 3.26. The molecule has 2 heterocycles. The van der Waals surface area contributed by atoms with Gasteiger partial charge in [0, 0.05) is 11.6 Å². The van der Waals surface area contributed by atoms with Crippen LogP contribution >= 0.6 is 11.6 Å². The number of likely N-dealkylation sites (N-methyl/N-ethyl adjacent to an activating group) is 1. The molecule has 0 aliphatic carbocycles. The summed E-state index contributed by atoms with van der Waals surface area (Å²) in [6, 6.07) is 8.11. The normalized spacial score (nSPS) is 13.0. The lowest BCUT2D eigenvalue weighted by molar-refractivity contribution is -0.122. The summed E-state index contributed by atoms with van der Waals surface area (Å²) in [6.07, 6.45) is 1.06. The fourth-order valence-corrected chi connectivity index (χ4v) is 4.40. The fourth-order valence-electron chi connectivity index (χ4n) is 4.19. The lowest BCUT2D eigenvalue weighted by Gasteiger charge is -2.23. The predicted octanol–water partition coefficient (Wildman–Crippen LogP) is 2.82. The Morgan fingerprint density at radius 1 is 1.12 bits per heavy atom. The lowest BCUT2D eigenvalue weighted by atomic mass is 10.0. The van der Waals surface area contributed by atoms with Crippen molar-refractivity contribution in [1.82, 2.24) is 14.9 Å². The molecule has 13 heteroatoms. The molecule has 40 heavy (non-hydrogen) atoms. The minimum Gasteiger partial charge on any atom is -0.471 e. The molecule has 1 aliphatic rings. The van der Waals surface area contributed by atoms with Gasteiger partial charge in [-0.25, -0.2) is 13.8 Å². The highest BCUT2D eigenvalue weighted by molar-refractivity contribution is 6.31. The highest BCUT2D eigenvalue weighted by Gasteiger charge is 2.35. The van der Waals surface area contributed by atoms with Gasteiger partial charge in [-0.3, -0.25) is 28.8 Å². The zero-order valence-electron chi connectivity index (χ0n) is 22.1. The van der Waals surface area contributed by atoms with Gasteiger partial charge < -0.3 is 15.2 Å². The molecule has 0 radical (unpaired) electrons. The van der Waals surface area contributed by atoms with Gasteiger partial charge in [0.05, 0.1) is 36.5 Å². The third-order valence-corrected chi connectivity index (χ3v) is 6.42. The molecule has 2 N–H and O–H groups in total. The summed E-state index contributed by atoms with van der Waals surface area (Å²) in [5.41, 5.74) is -0.207. The van der Waals surface area contributed by atoms with Crippen molar-refractivity contribution in [2.75, 3.05) is 30.1 Å². The van der Waals surface area contributed by atoms with Gasteiger partial charge in [0.1, 0.15) is 31.2 Å². The van der Waals surface area contributed by atoms with E-state index in [0.29, 0.717) is 16.9 Å². The van der Waals surface area contributed by atoms with Gasteiger partial charge in [-0.05, 0) is 50.7 Å². The molecule has 0 saturated carbocycles. The first-order valence-corrected chi connectivity index (χ1v) is 12.7. The minimum atomic E-state index is -1.25. The SMILES string of the molecule is CNCC(=O)N1CN(C(=O)CC(C)(C)O)c2cc(Cn3cnc(OCc4ccc(F)cc4F)c(Cl)c3=O)ccc21. The molecule has 2 aromatic carbocycles. The molecule has 0 fully saturated rings. The van der Waals surface area contributed by atoms with Crippen LogP contribution in [-0.2, 0) is 22.7 Å². The smallest absolute Gasteiger partial charge is 0.276 e. The van der Waals surface area contributed by atoms with Gasteiger partial charge in [0.15, 0.2) is 5.02 Å². The van der Waals surface area contributed by atoms with E-state index in [1.165, 1.54) is 40.6 Å². The van der Waals surface area contributed by atoms with Crippen LogP contribution in [0.2, 0.25) is 5.02 Å². The summed E-state index contributed by atoms with van der Waals surface area (Å²) in [4.78, 5) is 45.6. The number of benzene rings is 2. The predicted molar refractivity (Wildman–Crippen MR) is 144 cm³/mol. The molecule has 0 atom stereocenters. The van der Waals surface area contributed by atoms with Crippen molar-refractivity contribution in [3.05, 3.63) is 80.9 Å². The van der Waals surface area contributed by atoms with Crippen LogP contribution in [0.15, 0.2) is 47.5 Å². The van der Waals surface area contributed by atoms with Gasteiger partial charge in [-0.1, -0.05) is 17.7 Å². The number of halogens is 3. The van der Waals surface area contributed by atoms with Crippen molar-refractivity contribution in [1.29, 1.82) is 0 Å². The Kier molecular flexibility index (Phi) is 8.52. The number of aliphatic hydroxyl groups is 1. The topological polar surface area (TPSA) is 117 Å². The van der Waals surface area contributed by atoms with E-state index >= 15 is 0 Å². The standard InChI is InChI=1S/C27H28ClF2N5O5/c1-27(2,39)10-22(36)35-15-34(23(37)11-31-3)20-7-4-16(8-21(20)35)12-33-14-32-25(24(28)26(33)38)40-13-17-5-6-18(29)9-19(17)30/h4-9,14,31,39H,10-13,15H2,1-3H3. The maximum Gasteiger partial charge on any atom is 0.276 e. The summed E-state index contributed by atoms with van der Waals surface area (Å²) >= 11 is 6.20. The second kappa shape index (κ2) is 11.7. The fraction of sp³-hybridized carbons (Fsp3) is 0.333. The first-order chi connectivity index (χ1) is 18.9. The van der Waals surface area contributed by atoms with Crippen molar-refractivity contribution in [2.24, 2.45) is 0 Å². The van der Waals surface area contributed by atoms with Crippen LogP contribution in [-0.4, -0.2) is 52.3 Å². The molecule has 4 rings (SSSR count). The number of aromatic nitrogens is 2. The quantitative estimate of drug-likeness (QED) is 0.403. The van der Waals surface area contributed by atoms with Gasteiger partial charge in [0.2, 0.25) is 17.7 Å². The van der Waals surface area contributed by atoms with E-state index in [-0.39, 0.29) is 61.1 Å². The van der Waals surface area contributed by atoms with Crippen molar-refractivity contribution in [3.8, 4) is 5.88 Å². The summed E-state index contributed by atoms with van der Waals surface area (Å²) in [7, 11) is 1.64. The number of rotatable bonds is 9. The molecular weight excluding hydrogens is 548 g/mol. The Balaban J connectivity index is 1.57. The number of anilines is 2. The van der Waals surface area contributed by atoms with E-state index in [4.69, 9.17) is 16.3 Å². The van der Waals surface area contributed by atoms with E-state index in [0.717, 1.165) is 12.1 Å². The highest BCUT2D eigenvalue weighted by atomic mass is 35.5. The molecule has 10 nitrogen and oxygen atoms in total. The summed E-state index contributed by atoms with van der Waals surface area (Å²) in [5, 5.41) is 12.7. The summed E-state index contributed by atoms with van der Waals surface area (Å²) < 4.78 is 33.7. The Morgan fingerprint density at radius 3 is 2.52 bits per heavy atom. The molecule has 0 unspecified atom stereocenters. The number of carbonyl (C=O) groups is 2. The molecule has 212 valence electrons. The van der Waals surface area contributed by atoms with E-state index in [2.05, 4.69) is 10.3 Å². The first-order valence-electron chi connectivity index (χ1n) is 12.3. The minimum absolute atomic E-state index is 0.0117. The van der Waals surface area contributed by atoms with Gasteiger partial charge in [0.25, 0.3) is 5.56 Å². The number of hydrogen-bond acceptors (Lipinski definition) is 7. The van der Waals surface area contributed by atoms with Crippen LogP contribution in [0.4, 0.5) is 20.2 Å². The first kappa shape index (κ1) is 29.1. The van der Waals surface area contributed by atoms with E-state index in [1.54, 1.807) is 25.2 Å². The number of ether oxygens (including phenoxy) is 1. The zero-order chi connectivity index (χ0) is 29.2. The van der Waals surface area contributed by atoms with Gasteiger partial charge in [-0.15, -0.1) is 0 Å². The Hall–Kier alpha value is -3.87. The Labute approximate surface area is 233 Å². The molecule has 0 saturated heterocycles. The second-order valence-corrected chi connectivity index (χ2v) is 10.3. The van der Waals surface area contributed by atoms with Crippen molar-refractivity contribution >= 4 is 34.8 Å². The van der Waals surface area contributed by atoms with Crippen LogP contribution in [0.25, 0.3) is 0 Å².